The van der Waals surface area contributed by atoms with Gasteiger partial charge in [0.2, 0.25) is 5.95 Å². The molecule has 21 heavy (non-hydrogen) atoms. The maximum absolute atomic E-state index is 10.3. The largest absolute Gasteiger partial charge is 0.391 e. The van der Waals surface area contributed by atoms with Crippen molar-refractivity contribution in [2.24, 2.45) is 0 Å². The zero-order valence-corrected chi connectivity index (χ0v) is 13.1. The first-order valence-corrected chi connectivity index (χ1v) is 8.59. The van der Waals surface area contributed by atoms with E-state index >= 15 is 0 Å². The summed E-state index contributed by atoms with van der Waals surface area (Å²) in [6, 6.07) is 2.13. The summed E-state index contributed by atoms with van der Waals surface area (Å²) in [5.41, 5.74) is 0. The van der Waals surface area contributed by atoms with E-state index in [9.17, 15) is 5.11 Å². The molecule has 1 saturated carbocycles. The van der Waals surface area contributed by atoms with Gasteiger partial charge >= 0.3 is 0 Å². The first-order valence-electron chi connectivity index (χ1n) is 7.71. The summed E-state index contributed by atoms with van der Waals surface area (Å²) in [7, 11) is 0. The van der Waals surface area contributed by atoms with Crippen LogP contribution in [-0.4, -0.2) is 33.8 Å². The number of hydrogen-bond donors (Lipinski definition) is 3. The molecule has 2 atom stereocenters. The number of fused-ring (bicyclic) bond motifs is 1. The van der Waals surface area contributed by atoms with Crippen molar-refractivity contribution in [3.8, 4) is 0 Å². The molecule has 3 rings (SSSR count). The van der Waals surface area contributed by atoms with Crippen molar-refractivity contribution in [1.82, 2.24) is 9.97 Å². The van der Waals surface area contributed by atoms with E-state index in [1.165, 1.54) is 6.42 Å². The quantitative estimate of drug-likeness (QED) is 0.757. The van der Waals surface area contributed by atoms with Crippen LogP contribution in [0.25, 0.3) is 10.2 Å². The predicted octanol–water partition coefficient (Wildman–Crippen LogP) is 3.23. The zero-order chi connectivity index (χ0) is 14.7. The summed E-state index contributed by atoms with van der Waals surface area (Å²) in [5.74, 6) is 1.49. The highest BCUT2D eigenvalue weighted by Gasteiger charge is 2.23. The van der Waals surface area contributed by atoms with Gasteiger partial charge in [-0.2, -0.15) is 4.98 Å². The van der Waals surface area contributed by atoms with E-state index in [4.69, 9.17) is 0 Å². The van der Waals surface area contributed by atoms with Gasteiger partial charge in [-0.25, -0.2) is 4.98 Å². The molecule has 0 bridgehead atoms. The van der Waals surface area contributed by atoms with Crippen LogP contribution in [0.5, 0.6) is 0 Å². The Morgan fingerprint density at radius 2 is 2.14 bits per heavy atom. The number of nitrogens with one attached hydrogen (secondary N) is 2. The van der Waals surface area contributed by atoms with E-state index in [-0.39, 0.29) is 12.1 Å². The smallest absolute Gasteiger partial charge is 0.226 e. The molecular formula is C15H22N4OS. The van der Waals surface area contributed by atoms with E-state index in [0.29, 0.717) is 5.95 Å². The van der Waals surface area contributed by atoms with Gasteiger partial charge in [-0.05, 0) is 31.2 Å². The monoisotopic (exact) mass is 306 g/mol. The van der Waals surface area contributed by atoms with Crippen LogP contribution in [0.3, 0.4) is 0 Å². The van der Waals surface area contributed by atoms with Crippen LogP contribution in [0, 0.1) is 0 Å². The fourth-order valence-corrected chi connectivity index (χ4v) is 3.60. The number of aliphatic hydroxyl groups excluding tert-OH is 1. The van der Waals surface area contributed by atoms with Crippen LogP contribution >= 0.6 is 11.3 Å². The van der Waals surface area contributed by atoms with Gasteiger partial charge in [-0.3, -0.25) is 0 Å². The highest BCUT2D eigenvalue weighted by atomic mass is 32.1. The zero-order valence-electron chi connectivity index (χ0n) is 12.3. The molecule has 5 nitrogen and oxygen atoms in total. The van der Waals surface area contributed by atoms with Gasteiger partial charge in [0, 0.05) is 6.54 Å². The Morgan fingerprint density at radius 1 is 1.29 bits per heavy atom. The molecular weight excluding hydrogens is 284 g/mol. The van der Waals surface area contributed by atoms with Gasteiger partial charge < -0.3 is 15.7 Å². The first kappa shape index (κ1) is 14.5. The third-order valence-corrected chi connectivity index (χ3v) is 4.77. The minimum atomic E-state index is -0.293. The molecule has 2 aromatic heterocycles. The molecule has 2 aromatic rings. The number of thiophene rings is 1. The third kappa shape index (κ3) is 3.27. The van der Waals surface area contributed by atoms with Gasteiger partial charge in [0.25, 0.3) is 0 Å². The summed E-state index contributed by atoms with van der Waals surface area (Å²) in [6.07, 6.45) is 5.05. The second-order valence-corrected chi connectivity index (χ2v) is 6.42. The van der Waals surface area contributed by atoms with Crippen LogP contribution in [0.2, 0.25) is 0 Å². The lowest BCUT2D eigenvalue weighted by molar-refractivity contribution is 0.144. The summed E-state index contributed by atoms with van der Waals surface area (Å²) < 4.78 is 0. The number of hydrogen-bond acceptors (Lipinski definition) is 6. The standard InChI is InChI=1S/C15H22N4OS/c1-2-16-15-18-13(10-8-9-21-14(10)19-15)17-11-6-4-3-5-7-12(11)20/h8-9,11-12,20H,2-7H2,1H3,(H2,16,17,18,19). The molecule has 0 saturated heterocycles. The molecule has 6 heteroatoms. The molecule has 3 N–H and O–H groups in total. The second kappa shape index (κ2) is 6.58. The average molecular weight is 306 g/mol. The maximum Gasteiger partial charge on any atom is 0.226 e. The lowest BCUT2D eigenvalue weighted by atomic mass is 10.1. The van der Waals surface area contributed by atoms with Crippen molar-refractivity contribution in [1.29, 1.82) is 0 Å². The number of aliphatic hydroxyl groups is 1. The van der Waals surface area contributed by atoms with Gasteiger partial charge in [0.15, 0.2) is 0 Å². The van der Waals surface area contributed by atoms with Gasteiger partial charge in [-0.1, -0.05) is 19.3 Å². The molecule has 0 aliphatic heterocycles. The molecule has 0 radical (unpaired) electrons. The van der Waals surface area contributed by atoms with Crippen LogP contribution in [-0.2, 0) is 0 Å². The highest BCUT2D eigenvalue weighted by Crippen LogP contribution is 2.29. The Bertz CT molecular complexity index is 600. The molecule has 2 unspecified atom stereocenters. The van der Waals surface area contributed by atoms with Gasteiger partial charge in [0.05, 0.1) is 17.5 Å². The van der Waals surface area contributed by atoms with Crippen LogP contribution < -0.4 is 10.6 Å². The van der Waals surface area contributed by atoms with E-state index in [1.807, 2.05) is 18.4 Å². The molecule has 1 aliphatic rings. The Kier molecular flexibility index (Phi) is 4.55. The average Bonchev–Trinajstić information content (AvgIpc) is 2.85. The van der Waals surface area contributed by atoms with Gasteiger partial charge in [-0.15, -0.1) is 11.3 Å². The second-order valence-electron chi connectivity index (χ2n) is 5.52. The predicted molar refractivity (Wildman–Crippen MR) is 88.1 cm³/mol. The summed E-state index contributed by atoms with van der Waals surface area (Å²) in [4.78, 5) is 10.1. The van der Waals surface area contributed by atoms with Gasteiger partial charge in [0.1, 0.15) is 10.6 Å². The molecule has 1 fully saturated rings. The Hall–Kier alpha value is -1.40. The SMILES string of the molecule is CCNc1nc(NC2CCCCCC2O)c2ccsc2n1. The van der Waals surface area contributed by atoms with Crippen molar-refractivity contribution in [3.05, 3.63) is 11.4 Å². The molecule has 1 aliphatic carbocycles. The number of anilines is 2. The van der Waals surface area contributed by atoms with Crippen molar-refractivity contribution in [3.63, 3.8) is 0 Å². The molecule has 0 amide bonds. The highest BCUT2D eigenvalue weighted by molar-refractivity contribution is 7.16. The van der Waals surface area contributed by atoms with E-state index < -0.39 is 0 Å². The molecule has 0 spiro atoms. The topological polar surface area (TPSA) is 70.1 Å². The van der Waals surface area contributed by atoms with Crippen LogP contribution in [0.4, 0.5) is 11.8 Å². The summed E-state index contributed by atoms with van der Waals surface area (Å²) in [6.45, 7) is 2.83. The Labute approximate surface area is 128 Å². The van der Waals surface area contributed by atoms with Crippen molar-refractivity contribution < 1.29 is 5.11 Å². The Balaban J connectivity index is 1.89. The lowest BCUT2D eigenvalue weighted by Crippen LogP contribution is -2.33. The minimum absolute atomic E-state index is 0.0833. The molecule has 0 aromatic carbocycles. The van der Waals surface area contributed by atoms with E-state index in [2.05, 4.69) is 20.6 Å². The first-order chi connectivity index (χ1) is 10.3. The number of nitrogens with zero attached hydrogens (tertiary/aromatic N) is 2. The van der Waals surface area contributed by atoms with Crippen LogP contribution in [0.1, 0.15) is 39.0 Å². The number of rotatable bonds is 4. The fourth-order valence-electron chi connectivity index (χ4n) is 2.83. The Morgan fingerprint density at radius 3 is 3.00 bits per heavy atom. The molecule has 2 heterocycles. The van der Waals surface area contributed by atoms with Crippen molar-refractivity contribution in [2.45, 2.75) is 51.2 Å². The van der Waals surface area contributed by atoms with Crippen molar-refractivity contribution >= 4 is 33.3 Å². The number of aromatic nitrogens is 2. The van der Waals surface area contributed by atoms with E-state index in [1.54, 1.807) is 11.3 Å². The lowest BCUT2D eigenvalue weighted by Gasteiger charge is -2.23. The normalized spacial score (nSPS) is 23.0. The minimum Gasteiger partial charge on any atom is -0.391 e. The van der Waals surface area contributed by atoms with E-state index in [0.717, 1.165) is 48.3 Å². The summed E-state index contributed by atoms with van der Waals surface area (Å²) in [5, 5.41) is 20.0. The third-order valence-electron chi connectivity index (χ3n) is 3.96. The molecule has 114 valence electrons. The van der Waals surface area contributed by atoms with Crippen molar-refractivity contribution in [2.75, 3.05) is 17.2 Å². The fraction of sp³-hybridized carbons (Fsp3) is 0.600. The maximum atomic E-state index is 10.3. The van der Waals surface area contributed by atoms with Crippen LogP contribution in [0.15, 0.2) is 11.4 Å². The summed E-state index contributed by atoms with van der Waals surface area (Å²) >= 11 is 1.61.